The van der Waals surface area contributed by atoms with Crippen LogP contribution in [0.15, 0.2) is 30.4 Å². The molecular formula is C15H21NO. The number of ether oxygens (including phenoxy) is 1. The third-order valence-electron chi connectivity index (χ3n) is 3.19. The van der Waals surface area contributed by atoms with Crippen LogP contribution >= 0.6 is 0 Å². The predicted octanol–water partition coefficient (Wildman–Crippen LogP) is 3.84. The lowest BCUT2D eigenvalue weighted by molar-refractivity contribution is 0.230. The summed E-state index contributed by atoms with van der Waals surface area (Å²) in [5, 5.41) is 0. The molecule has 2 heteroatoms. The summed E-state index contributed by atoms with van der Waals surface area (Å²) >= 11 is 0. The van der Waals surface area contributed by atoms with E-state index in [1.807, 2.05) is 25.1 Å². The van der Waals surface area contributed by atoms with Crippen LogP contribution in [0, 0.1) is 6.92 Å². The van der Waals surface area contributed by atoms with Gasteiger partial charge >= 0.3 is 0 Å². The Labute approximate surface area is 103 Å². The summed E-state index contributed by atoms with van der Waals surface area (Å²) in [6, 6.07) is 5.83. The van der Waals surface area contributed by atoms with Crippen LogP contribution in [0.5, 0.6) is 5.75 Å². The van der Waals surface area contributed by atoms with Gasteiger partial charge in [-0.1, -0.05) is 12.5 Å². The molecule has 0 saturated heterocycles. The van der Waals surface area contributed by atoms with Gasteiger partial charge in [0.2, 0.25) is 0 Å². The summed E-state index contributed by atoms with van der Waals surface area (Å²) in [4.78, 5) is 0. The zero-order valence-electron chi connectivity index (χ0n) is 10.5. The molecule has 0 spiro atoms. The van der Waals surface area contributed by atoms with Crippen molar-refractivity contribution in [3.05, 3.63) is 35.9 Å². The number of hydrogen-bond donors (Lipinski definition) is 1. The highest BCUT2D eigenvalue weighted by atomic mass is 16.5. The number of nitrogen functional groups attached to an aromatic ring is 1. The van der Waals surface area contributed by atoms with Crippen LogP contribution in [0.25, 0.3) is 0 Å². The molecule has 1 aliphatic carbocycles. The zero-order valence-corrected chi connectivity index (χ0v) is 10.5. The monoisotopic (exact) mass is 231 g/mol. The minimum absolute atomic E-state index is 0.220. The fourth-order valence-corrected chi connectivity index (χ4v) is 2.19. The summed E-state index contributed by atoms with van der Waals surface area (Å²) in [5.74, 6) is 0.953. The van der Waals surface area contributed by atoms with E-state index in [2.05, 4.69) is 12.2 Å². The Morgan fingerprint density at radius 3 is 2.94 bits per heavy atom. The molecule has 1 aromatic rings. The SMILES string of the molecule is Cc1cc(N)ccc1OC1/C=C/CCCCC1. The quantitative estimate of drug-likeness (QED) is 0.620. The number of nitrogens with two attached hydrogens (primary N) is 1. The average Bonchev–Trinajstić information content (AvgIpc) is 2.25. The van der Waals surface area contributed by atoms with Crippen molar-refractivity contribution in [2.75, 3.05) is 5.73 Å². The second-order valence-electron chi connectivity index (χ2n) is 4.75. The summed E-state index contributed by atoms with van der Waals surface area (Å²) in [7, 11) is 0. The van der Waals surface area contributed by atoms with Crippen LogP contribution < -0.4 is 10.5 Å². The highest BCUT2D eigenvalue weighted by Gasteiger charge is 2.10. The molecule has 1 aliphatic rings. The first-order chi connectivity index (χ1) is 8.25. The number of rotatable bonds is 2. The molecule has 1 aromatic carbocycles. The smallest absolute Gasteiger partial charge is 0.123 e. The van der Waals surface area contributed by atoms with E-state index in [1.165, 1.54) is 25.7 Å². The van der Waals surface area contributed by atoms with Gasteiger partial charge < -0.3 is 10.5 Å². The fourth-order valence-electron chi connectivity index (χ4n) is 2.19. The van der Waals surface area contributed by atoms with Gasteiger partial charge in [-0.3, -0.25) is 0 Å². The minimum Gasteiger partial charge on any atom is -0.486 e. The Balaban J connectivity index is 2.05. The highest BCUT2D eigenvalue weighted by molar-refractivity contribution is 5.47. The molecule has 0 aromatic heterocycles. The number of allylic oxidation sites excluding steroid dienone is 1. The fraction of sp³-hybridized carbons (Fsp3) is 0.467. The molecule has 2 nitrogen and oxygen atoms in total. The van der Waals surface area contributed by atoms with Gasteiger partial charge in [-0.2, -0.15) is 0 Å². The lowest BCUT2D eigenvalue weighted by atomic mass is 10.0. The first kappa shape index (κ1) is 12.0. The summed E-state index contributed by atoms with van der Waals surface area (Å²) in [6.45, 7) is 2.04. The van der Waals surface area contributed by atoms with E-state index in [0.29, 0.717) is 0 Å². The molecule has 2 N–H and O–H groups in total. The Morgan fingerprint density at radius 1 is 1.24 bits per heavy atom. The number of hydrogen-bond acceptors (Lipinski definition) is 2. The summed E-state index contributed by atoms with van der Waals surface area (Å²) < 4.78 is 6.03. The first-order valence-electron chi connectivity index (χ1n) is 6.45. The average molecular weight is 231 g/mol. The normalized spacial score (nSPS) is 22.5. The van der Waals surface area contributed by atoms with Crippen LogP contribution in [0.2, 0.25) is 0 Å². The summed E-state index contributed by atoms with van der Waals surface area (Å²) in [5.41, 5.74) is 7.64. The molecule has 17 heavy (non-hydrogen) atoms. The number of anilines is 1. The topological polar surface area (TPSA) is 35.2 Å². The standard InChI is InChI=1S/C15H21NO/c1-12-11-13(16)9-10-15(12)17-14-7-5-3-2-4-6-8-14/h5,7,9-11,14H,2-4,6,8,16H2,1H3/b7-5+. The van der Waals surface area contributed by atoms with Crippen molar-refractivity contribution in [1.82, 2.24) is 0 Å². The van der Waals surface area contributed by atoms with E-state index >= 15 is 0 Å². The van der Waals surface area contributed by atoms with Crippen LogP contribution in [0.4, 0.5) is 5.69 Å². The molecule has 92 valence electrons. The van der Waals surface area contributed by atoms with Crippen molar-refractivity contribution in [2.24, 2.45) is 0 Å². The predicted molar refractivity (Wildman–Crippen MR) is 72.2 cm³/mol. The largest absolute Gasteiger partial charge is 0.486 e. The van der Waals surface area contributed by atoms with E-state index < -0.39 is 0 Å². The van der Waals surface area contributed by atoms with Crippen LogP contribution in [-0.4, -0.2) is 6.10 Å². The Hall–Kier alpha value is -1.44. The van der Waals surface area contributed by atoms with Gasteiger partial charge in [-0.05, 0) is 62.4 Å². The zero-order chi connectivity index (χ0) is 12.1. The van der Waals surface area contributed by atoms with E-state index in [0.717, 1.165) is 23.4 Å². The van der Waals surface area contributed by atoms with Gasteiger partial charge in [0.05, 0.1) is 0 Å². The molecular weight excluding hydrogens is 210 g/mol. The molecule has 0 saturated carbocycles. The number of aryl methyl sites for hydroxylation is 1. The maximum atomic E-state index is 6.03. The summed E-state index contributed by atoms with van der Waals surface area (Å²) in [6.07, 6.45) is 10.8. The second-order valence-corrected chi connectivity index (χ2v) is 4.75. The molecule has 1 unspecified atom stereocenters. The molecule has 0 bridgehead atoms. The molecule has 2 rings (SSSR count). The van der Waals surface area contributed by atoms with Crippen molar-refractivity contribution in [3.8, 4) is 5.75 Å². The van der Waals surface area contributed by atoms with Gasteiger partial charge in [0.1, 0.15) is 11.9 Å². The van der Waals surface area contributed by atoms with E-state index in [-0.39, 0.29) is 6.10 Å². The molecule has 0 heterocycles. The van der Waals surface area contributed by atoms with Gasteiger partial charge in [0.15, 0.2) is 0 Å². The van der Waals surface area contributed by atoms with Crippen LogP contribution in [0.3, 0.4) is 0 Å². The highest BCUT2D eigenvalue weighted by Crippen LogP contribution is 2.24. The van der Waals surface area contributed by atoms with Crippen molar-refractivity contribution >= 4 is 5.69 Å². The van der Waals surface area contributed by atoms with E-state index in [4.69, 9.17) is 10.5 Å². The first-order valence-corrected chi connectivity index (χ1v) is 6.45. The lowest BCUT2D eigenvalue weighted by Crippen LogP contribution is -2.15. The maximum absolute atomic E-state index is 6.03. The van der Waals surface area contributed by atoms with E-state index in [9.17, 15) is 0 Å². The van der Waals surface area contributed by atoms with Crippen LogP contribution in [0.1, 0.15) is 37.7 Å². The van der Waals surface area contributed by atoms with Gasteiger partial charge in [0, 0.05) is 5.69 Å². The van der Waals surface area contributed by atoms with Crippen molar-refractivity contribution < 1.29 is 4.74 Å². The van der Waals surface area contributed by atoms with Crippen molar-refractivity contribution in [3.63, 3.8) is 0 Å². The molecule has 1 atom stereocenters. The Bertz CT molecular complexity index is 398. The Morgan fingerprint density at radius 2 is 2.12 bits per heavy atom. The maximum Gasteiger partial charge on any atom is 0.123 e. The molecule has 0 fully saturated rings. The van der Waals surface area contributed by atoms with E-state index in [1.54, 1.807) is 0 Å². The third-order valence-corrected chi connectivity index (χ3v) is 3.19. The third kappa shape index (κ3) is 3.52. The van der Waals surface area contributed by atoms with Crippen molar-refractivity contribution in [2.45, 2.75) is 45.1 Å². The lowest BCUT2D eigenvalue weighted by Gasteiger charge is -2.19. The molecule has 0 amide bonds. The second kappa shape index (κ2) is 5.76. The minimum atomic E-state index is 0.220. The van der Waals surface area contributed by atoms with Crippen molar-refractivity contribution in [1.29, 1.82) is 0 Å². The van der Waals surface area contributed by atoms with Gasteiger partial charge in [-0.25, -0.2) is 0 Å². The number of benzene rings is 1. The molecule has 0 aliphatic heterocycles. The van der Waals surface area contributed by atoms with Gasteiger partial charge in [-0.15, -0.1) is 0 Å². The Kier molecular flexibility index (Phi) is 4.08. The van der Waals surface area contributed by atoms with Crippen LogP contribution in [-0.2, 0) is 0 Å². The van der Waals surface area contributed by atoms with Gasteiger partial charge in [0.25, 0.3) is 0 Å². The molecule has 0 radical (unpaired) electrons.